The summed E-state index contributed by atoms with van der Waals surface area (Å²) in [4.78, 5) is 0. The highest BCUT2D eigenvalue weighted by Crippen LogP contribution is 2.38. The normalized spacial score (nSPS) is 12.9. The average Bonchev–Trinajstić information content (AvgIpc) is 2.54. The molecule has 0 heterocycles. The molecule has 0 spiro atoms. The highest BCUT2D eigenvalue weighted by molar-refractivity contribution is 5.85. The summed E-state index contributed by atoms with van der Waals surface area (Å²) in [5.74, 6) is 0.787. The van der Waals surface area contributed by atoms with Crippen LogP contribution in [-0.4, -0.2) is 30.5 Å². The van der Waals surface area contributed by atoms with Gasteiger partial charge in [0.15, 0.2) is 0 Å². The van der Waals surface area contributed by atoms with E-state index in [4.69, 9.17) is 15.2 Å². The highest BCUT2D eigenvalue weighted by atomic mass is 35.5. The first-order valence-electron chi connectivity index (χ1n) is 6.99. The fourth-order valence-electron chi connectivity index (χ4n) is 2.38. The van der Waals surface area contributed by atoms with Gasteiger partial charge in [-0.3, -0.25) is 0 Å². The minimum absolute atomic E-state index is 0. The molecule has 0 saturated heterocycles. The minimum atomic E-state index is -0.851. The van der Waals surface area contributed by atoms with Crippen LogP contribution in [0.25, 0.3) is 0 Å². The molecule has 0 saturated carbocycles. The maximum atomic E-state index is 10.4. The van der Waals surface area contributed by atoms with Crippen molar-refractivity contribution >= 4 is 12.4 Å². The summed E-state index contributed by atoms with van der Waals surface area (Å²) >= 11 is 0. The van der Waals surface area contributed by atoms with E-state index in [1.165, 1.54) is 20.3 Å². The first kappa shape index (κ1) is 19.1. The summed E-state index contributed by atoms with van der Waals surface area (Å²) in [5, 5.41) is 20.5. The van der Waals surface area contributed by atoms with Gasteiger partial charge in [-0.25, -0.2) is 0 Å². The molecule has 0 aromatic heterocycles. The molecule has 0 bridgehead atoms. The molecule has 126 valence electrons. The number of phenolic OH excluding ortho intramolecular Hbond substituents is 1. The minimum Gasteiger partial charge on any atom is -0.507 e. The van der Waals surface area contributed by atoms with Crippen molar-refractivity contribution in [3.63, 3.8) is 0 Å². The summed E-state index contributed by atoms with van der Waals surface area (Å²) in [6.07, 6.45) is -0.466. The summed E-state index contributed by atoms with van der Waals surface area (Å²) in [5.41, 5.74) is 7.46. The van der Waals surface area contributed by atoms with Crippen LogP contribution in [0.1, 0.15) is 17.2 Å². The number of rotatable bonds is 6. The summed E-state index contributed by atoms with van der Waals surface area (Å²) in [6.45, 7) is 0. The smallest absolute Gasteiger partial charge is 0.131 e. The molecule has 5 nitrogen and oxygen atoms in total. The number of aromatic hydroxyl groups is 1. The standard InChI is InChI=1S/C17H21NO4.ClH/c1-21-12-9-13(19)16(15(10-12)22-2)17(18)14(20)8-11-6-4-3-5-7-11;/h3-7,9-10,14,17,19-20H,8,18H2,1-2H3;1H/t14-,17-;/m0./s1. The highest BCUT2D eigenvalue weighted by Gasteiger charge is 2.25. The van der Waals surface area contributed by atoms with E-state index in [2.05, 4.69) is 0 Å². The van der Waals surface area contributed by atoms with Gasteiger partial charge in [0.1, 0.15) is 17.2 Å². The number of hydrogen-bond donors (Lipinski definition) is 3. The van der Waals surface area contributed by atoms with E-state index < -0.39 is 12.1 Å². The molecule has 23 heavy (non-hydrogen) atoms. The maximum absolute atomic E-state index is 10.4. The molecule has 6 heteroatoms. The number of ether oxygens (including phenoxy) is 2. The zero-order valence-electron chi connectivity index (χ0n) is 13.1. The van der Waals surface area contributed by atoms with Crippen LogP contribution in [0, 0.1) is 0 Å². The average molecular weight is 340 g/mol. The lowest BCUT2D eigenvalue weighted by Crippen LogP contribution is -2.28. The molecule has 0 aliphatic heterocycles. The molecule has 0 aliphatic carbocycles. The zero-order valence-corrected chi connectivity index (χ0v) is 13.9. The molecular formula is C17H22ClNO4. The molecule has 0 unspecified atom stereocenters. The second-order valence-corrected chi connectivity index (χ2v) is 5.05. The second kappa shape index (κ2) is 8.62. The molecule has 4 N–H and O–H groups in total. The van der Waals surface area contributed by atoms with Gasteiger partial charge in [0.05, 0.1) is 31.9 Å². The van der Waals surface area contributed by atoms with E-state index in [0.29, 0.717) is 23.5 Å². The molecule has 2 atom stereocenters. The van der Waals surface area contributed by atoms with Crippen LogP contribution in [0.15, 0.2) is 42.5 Å². The van der Waals surface area contributed by atoms with E-state index in [9.17, 15) is 10.2 Å². The van der Waals surface area contributed by atoms with Gasteiger partial charge in [0, 0.05) is 18.6 Å². The molecule has 2 aromatic rings. The van der Waals surface area contributed by atoms with Crippen LogP contribution in [0.2, 0.25) is 0 Å². The van der Waals surface area contributed by atoms with E-state index in [0.717, 1.165) is 5.56 Å². The second-order valence-electron chi connectivity index (χ2n) is 5.05. The van der Waals surface area contributed by atoms with Gasteiger partial charge >= 0.3 is 0 Å². The Labute approximate surface area is 142 Å². The Balaban J connectivity index is 0.00000264. The van der Waals surface area contributed by atoms with Gasteiger partial charge in [-0.15, -0.1) is 12.4 Å². The fourth-order valence-corrected chi connectivity index (χ4v) is 2.38. The Morgan fingerprint density at radius 3 is 2.30 bits per heavy atom. The Bertz CT molecular complexity index is 621. The van der Waals surface area contributed by atoms with Crippen molar-refractivity contribution < 1.29 is 19.7 Å². The van der Waals surface area contributed by atoms with Crippen molar-refractivity contribution in [2.45, 2.75) is 18.6 Å². The molecule has 0 aliphatic rings. The Morgan fingerprint density at radius 1 is 1.09 bits per heavy atom. The van der Waals surface area contributed by atoms with Crippen LogP contribution in [-0.2, 0) is 6.42 Å². The number of hydrogen-bond acceptors (Lipinski definition) is 5. The third-order valence-electron chi connectivity index (χ3n) is 3.58. The number of halogens is 1. The summed E-state index contributed by atoms with van der Waals surface area (Å²) in [7, 11) is 2.98. The van der Waals surface area contributed by atoms with Gasteiger partial charge in [0.2, 0.25) is 0 Å². The van der Waals surface area contributed by atoms with E-state index in [-0.39, 0.29) is 18.2 Å². The lowest BCUT2D eigenvalue weighted by Gasteiger charge is -2.22. The van der Waals surface area contributed by atoms with Crippen molar-refractivity contribution in [3.05, 3.63) is 53.6 Å². The predicted molar refractivity (Wildman–Crippen MR) is 91.5 cm³/mol. The first-order chi connectivity index (χ1) is 10.6. The number of methoxy groups -OCH3 is 2. The van der Waals surface area contributed by atoms with Crippen molar-refractivity contribution in [3.8, 4) is 17.2 Å². The third kappa shape index (κ3) is 4.51. The quantitative estimate of drug-likeness (QED) is 0.752. The van der Waals surface area contributed by atoms with E-state index in [1.54, 1.807) is 6.07 Å². The Hall–Kier alpha value is -1.95. The topological polar surface area (TPSA) is 84.9 Å². The van der Waals surface area contributed by atoms with Crippen molar-refractivity contribution in [2.24, 2.45) is 5.73 Å². The molecule has 2 rings (SSSR count). The predicted octanol–water partition coefficient (Wildman–Crippen LogP) is 2.43. The van der Waals surface area contributed by atoms with Crippen molar-refractivity contribution in [1.29, 1.82) is 0 Å². The Morgan fingerprint density at radius 2 is 1.74 bits per heavy atom. The first-order valence-corrected chi connectivity index (χ1v) is 6.99. The number of benzene rings is 2. The van der Waals surface area contributed by atoms with E-state index in [1.807, 2.05) is 30.3 Å². The Kier molecular flexibility index (Phi) is 7.16. The summed E-state index contributed by atoms with van der Waals surface area (Å²) in [6, 6.07) is 11.9. The zero-order chi connectivity index (χ0) is 16.1. The molecule has 0 amide bonds. The van der Waals surface area contributed by atoms with E-state index >= 15 is 0 Å². The molecule has 0 fully saturated rings. The number of aliphatic hydroxyl groups is 1. The van der Waals surface area contributed by atoms with Gasteiger partial charge < -0.3 is 25.4 Å². The van der Waals surface area contributed by atoms with Gasteiger partial charge in [-0.1, -0.05) is 30.3 Å². The fraction of sp³-hybridized carbons (Fsp3) is 0.294. The summed E-state index contributed by atoms with van der Waals surface area (Å²) < 4.78 is 10.3. The number of nitrogens with two attached hydrogens (primary N) is 1. The number of aliphatic hydroxyl groups excluding tert-OH is 1. The van der Waals surface area contributed by atoms with Crippen molar-refractivity contribution in [1.82, 2.24) is 0 Å². The third-order valence-corrected chi connectivity index (χ3v) is 3.58. The lowest BCUT2D eigenvalue weighted by atomic mass is 9.95. The lowest BCUT2D eigenvalue weighted by molar-refractivity contribution is 0.142. The maximum Gasteiger partial charge on any atom is 0.131 e. The SMILES string of the molecule is COc1cc(O)c([C@@H](N)[C@@H](O)Cc2ccccc2)c(OC)c1.Cl. The molecular weight excluding hydrogens is 318 g/mol. The molecule has 0 radical (unpaired) electrons. The van der Waals surface area contributed by atoms with Crippen LogP contribution >= 0.6 is 12.4 Å². The molecule has 2 aromatic carbocycles. The van der Waals surface area contributed by atoms with Crippen LogP contribution < -0.4 is 15.2 Å². The van der Waals surface area contributed by atoms with Gasteiger partial charge in [-0.05, 0) is 5.56 Å². The largest absolute Gasteiger partial charge is 0.507 e. The van der Waals surface area contributed by atoms with Gasteiger partial charge in [0.25, 0.3) is 0 Å². The monoisotopic (exact) mass is 339 g/mol. The van der Waals surface area contributed by atoms with Crippen molar-refractivity contribution in [2.75, 3.05) is 14.2 Å². The van der Waals surface area contributed by atoms with Gasteiger partial charge in [-0.2, -0.15) is 0 Å². The number of phenols is 1. The van der Waals surface area contributed by atoms with Crippen LogP contribution in [0.4, 0.5) is 0 Å². The van der Waals surface area contributed by atoms with Crippen LogP contribution in [0.3, 0.4) is 0 Å². The van der Waals surface area contributed by atoms with Crippen LogP contribution in [0.5, 0.6) is 17.2 Å².